The van der Waals surface area contributed by atoms with Gasteiger partial charge in [-0.3, -0.25) is 9.59 Å². The molecule has 2 rings (SSSR count). The normalized spacial score (nSPS) is 11.9. The van der Waals surface area contributed by atoms with E-state index in [4.69, 9.17) is 4.52 Å². The van der Waals surface area contributed by atoms with Crippen molar-refractivity contribution in [2.24, 2.45) is 0 Å². The van der Waals surface area contributed by atoms with Gasteiger partial charge in [-0.25, -0.2) is 0 Å². The number of carbonyl (C=O) groups is 2. The van der Waals surface area contributed by atoms with Crippen LogP contribution in [0.25, 0.3) is 11.4 Å². The minimum Gasteiger partial charge on any atom is -0.469 e. The summed E-state index contributed by atoms with van der Waals surface area (Å²) >= 11 is 1.55. The summed E-state index contributed by atoms with van der Waals surface area (Å²) in [4.78, 5) is 27.1. The van der Waals surface area contributed by atoms with Gasteiger partial charge in [-0.1, -0.05) is 5.16 Å². The van der Waals surface area contributed by atoms with Crippen LogP contribution in [0.2, 0.25) is 0 Å². The molecule has 22 heavy (non-hydrogen) atoms. The Morgan fingerprint density at radius 1 is 1.50 bits per heavy atom. The lowest BCUT2D eigenvalue weighted by molar-refractivity contribution is -0.141. The fourth-order valence-corrected chi connectivity index (χ4v) is 2.45. The Bertz CT molecular complexity index is 624. The van der Waals surface area contributed by atoms with Crippen molar-refractivity contribution >= 4 is 23.2 Å². The summed E-state index contributed by atoms with van der Waals surface area (Å²) in [6.45, 7) is 1.75. The second kappa shape index (κ2) is 7.69. The number of methoxy groups -OCH3 is 1. The molecular formula is C14H17N3O4S. The number of esters is 1. The standard InChI is InChI=1S/C14H17N3O4S/c1-9(7-13(19)20-2)15-11(18)3-4-12-16-14(17-21-12)10-5-6-22-8-10/h5-6,8-9H,3-4,7H2,1-2H3,(H,15,18). The van der Waals surface area contributed by atoms with Gasteiger partial charge in [0, 0.05) is 29.8 Å². The van der Waals surface area contributed by atoms with E-state index < -0.39 is 0 Å². The summed E-state index contributed by atoms with van der Waals surface area (Å²) in [7, 11) is 1.32. The molecule has 0 bridgehead atoms. The van der Waals surface area contributed by atoms with E-state index in [0.717, 1.165) is 5.56 Å². The molecule has 1 atom stereocenters. The first-order chi connectivity index (χ1) is 10.6. The monoisotopic (exact) mass is 323 g/mol. The van der Waals surface area contributed by atoms with Crippen LogP contribution in [0.5, 0.6) is 0 Å². The van der Waals surface area contributed by atoms with Gasteiger partial charge in [0.1, 0.15) is 0 Å². The topological polar surface area (TPSA) is 94.3 Å². The predicted molar refractivity (Wildman–Crippen MR) is 80.2 cm³/mol. The Morgan fingerprint density at radius 3 is 3.00 bits per heavy atom. The molecule has 2 aromatic rings. The number of thiophene rings is 1. The van der Waals surface area contributed by atoms with Crippen molar-refractivity contribution in [1.29, 1.82) is 0 Å². The number of aromatic nitrogens is 2. The lowest BCUT2D eigenvalue weighted by Gasteiger charge is -2.11. The highest BCUT2D eigenvalue weighted by Gasteiger charge is 2.14. The zero-order chi connectivity index (χ0) is 15.9. The highest BCUT2D eigenvalue weighted by atomic mass is 32.1. The van der Waals surface area contributed by atoms with Crippen LogP contribution in [-0.2, 0) is 20.7 Å². The van der Waals surface area contributed by atoms with Crippen LogP contribution in [0, 0.1) is 0 Å². The van der Waals surface area contributed by atoms with Gasteiger partial charge in [0.2, 0.25) is 17.6 Å². The quantitative estimate of drug-likeness (QED) is 0.781. The van der Waals surface area contributed by atoms with Gasteiger partial charge in [-0.2, -0.15) is 16.3 Å². The summed E-state index contributed by atoms with van der Waals surface area (Å²) in [6.07, 6.45) is 0.718. The third-order valence-electron chi connectivity index (χ3n) is 2.92. The van der Waals surface area contributed by atoms with Gasteiger partial charge < -0.3 is 14.6 Å². The second-order valence-electron chi connectivity index (χ2n) is 4.77. The van der Waals surface area contributed by atoms with Crippen molar-refractivity contribution in [3.05, 3.63) is 22.7 Å². The molecular weight excluding hydrogens is 306 g/mol. The zero-order valence-electron chi connectivity index (χ0n) is 12.4. The van der Waals surface area contributed by atoms with Crippen LogP contribution in [0.15, 0.2) is 21.3 Å². The van der Waals surface area contributed by atoms with Gasteiger partial charge in [0.25, 0.3) is 0 Å². The molecule has 0 spiro atoms. The number of nitrogens with one attached hydrogen (secondary N) is 1. The summed E-state index contributed by atoms with van der Waals surface area (Å²) in [5.74, 6) is 0.407. The molecule has 8 heteroatoms. The number of hydrogen-bond acceptors (Lipinski definition) is 7. The van der Waals surface area contributed by atoms with Crippen molar-refractivity contribution < 1.29 is 18.8 Å². The van der Waals surface area contributed by atoms with Crippen molar-refractivity contribution in [1.82, 2.24) is 15.5 Å². The van der Waals surface area contributed by atoms with Crippen LogP contribution in [0.3, 0.4) is 0 Å². The van der Waals surface area contributed by atoms with Gasteiger partial charge in [0.05, 0.1) is 13.5 Å². The molecule has 1 N–H and O–H groups in total. The molecule has 1 unspecified atom stereocenters. The van der Waals surface area contributed by atoms with E-state index in [2.05, 4.69) is 20.2 Å². The number of hydrogen-bond donors (Lipinski definition) is 1. The fraction of sp³-hybridized carbons (Fsp3) is 0.429. The average Bonchev–Trinajstić information content (AvgIpc) is 3.15. The predicted octanol–water partition coefficient (Wildman–Crippen LogP) is 1.80. The van der Waals surface area contributed by atoms with Crippen LogP contribution >= 0.6 is 11.3 Å². The molecule has 0 fully saturated rings. The van der Waals surface area contributed by atoms with Gasteiger partial charge >= 0.3 is 5.97 Å². The van der Waals surface area contributed by atoms with E-state index >= 15 is 0 Å². The number of rotatable bonds is 7. The lowest BCUT2D eigenvalue weighted by atomic mass is 10.2. The van der Waals surface area contributed by atoms with E-state index in [1.807, 2.05) is 16.8 Å². The van der Waals surface area contributed by atoms with Gasteiger partial charge in [0.15, 0.2) is 0 Å². The molecule has 0 aromatic carbocycles. The molecule has 1 amide bonds. The van der Waals surface area contributed by atoms with Crippen molar-refractivity contribution in [3.63, 3.8) is 0 Å². The molecule has 7 nitrogen and oxygen atoms in total. The van der Waals surface area contributed by atoms with Crippen molar-refractivity contribution in [2.75, 3.05) is 7.11 Å². The number of aryl methyl sites for hydroxylation is 1. The van der Waals surface area contributed by atoms with E-state index in [-0.39, 0.29) is 30.8 Å². The number of ether oxygens (including phenoxy) is 1. The Labute approximate surface area is 131 Å². The summed E-state index contributed by atoms with van der Waals surface area (Å²) in [5, 5.41) is 10.5. The Balaban J connectivity index is 1.78. The first-order valence-electron chi connectivity index (χ1n) is 6.80. The van der Waals surface area contributed by atoms with E-state index in [0.29, 0.717) is 18.1 Å². The van der Waals surface area contributed by atoms with Crippen LogP contribution < -0.4 is 5.32 Å². The molecule has 0 aliphatic rings. The first kappa shape index (κ1) is 16.2. The Kier molecular flexibility index (Phi) is 5.65. The first-order valence-corrected chi connectivity index (χ1v) is 7.74. The number of amides is 1. The number of carbonyl (C=O) groups excluding carboxylic acids is 2. The highest BCUT2D eigenvalue weighted by molar-refractivity contribution is 7.08. The maximum absolute atomic E-state index is 11.8. The molecule has 0 saturated heterocycles. The minimum absolute atomic E-state index is 0.144. The van der Waals surface area contributed by atoms with E-state index in [9.17, 15) is 9.59 Å². The molecule has 0 aliphatic carbocycles. The van der Waals surface area contributed by atoms with Gasteiger partial charge in [-0.05, 0) is 18.4 Å². The van der Waals surface area contributed by atoms with Gasteiger partial charge in [-0.15, -0.1) is 0 Å². The maximum atomic E-state index is 11.8. The third kappa shape index (κ3) is 4.66. The highest BCUT2D eigenvalue weighted by Crippen LogP contribution is 2.18. The lowest BCUT2D eigenvalue weighted by Crippen LogP contribution is -2.34. The Hall–Kier alpha value is -2.22. The van der Waals surface area contributed by atoms with Crippen molar-refractivity contribution in [2.45, 2.75) is 32.2 Å². The molecule has 0 aliphatic heterocycles. The molecule has 2 heterocycles. The van der Waals surface area contributed by atoms with Crippen LogP contribution in [-0.4, -0.2) is 35.2 Å². The second-order valence-corrected chi connectivity index (χ2v) is 5.55. The minimum atomic E-state index is -0.356. The van der Waals surface area contributed by atoms with Crippen molar-refractivity contribution in [3.8, 4) is 11.4 Å². The summed E-state index contributed by atoms with van der Waals surface area (Å²) < 4.78 is 9.66. The SMILES string of the molecule is COC(=O)CC(C)NC(=O)CCc1nc(-c2ccsc2)no1. The van der Waals surface area contributed by atoms with Crippen LogP contribution in [0.4, 0.5) is 0 Å². The number of nitrogens with zero attached hydrogens (tertiary/aromatic N) is 2. The summed E-state index contributed by atoms with van der Waals surface area (Å²) in [6, 6.07) is 1.63. The molecule has 0 radical (unpaired) electrons. The summed E-state index contributed by atoms with van der Waals surface area (Å²) in [5.41, 5.74) is 0.899. The Morgan fingerprint density at radius 2 is 2.32 bits per heavy atom. The average molecular weight is 323 g/mol. The smallest absolute Gasteiger partial charge is 0.307 e. The van der Waals surface area contributed by atoms with Crippen LogP contribution in [0.1, 0.15) is 25.7 Å². The zero-order valence-corrected chi connectivity index (χ0v) is 13.2. The maximum Gasteiger partial charge on any atom is 0.307 e. The molecule has 118 valence electrons. The largest absolute Gasteiger partial charge is 0.469 e. The molecule has 0 saturated carbocycles. The van der Waals surface area contributed by atoms with E-state index in [1.165, 1.54) is 7.11 Å². The third-order valence-corrected chi connectivity index (χ3v) is 3.60. The van der Waals surface area contributed by atoms with E-state index in [1.54, 1.807) is 18.3 Å². The fourth-order valence-electron chi connectivity index (χ4n) is 1.82. The molecule has 2 aromatic heterocycles.